The predicted octanol–water partition coefficient (Wildman–Crippen LogP) is -0.811. The molecule has 9 nitrogen and oxygen atoms in total. The summed E-state index contributed by atoms with van der Waals surface area (Å²) in [5, 5.41) is 15.0. The van der Waals surface area contributed by atoms with Gasteiger partial charge in [-0.25, -0.2) is 0 Å². The second kappa shape index (κ2) is 11.9. The van der Waals surface area contributed by atoms with Gasteiger partial charge >= 0.3 is 0 Å². The third-order valence-corrected chi connectivity index (χ3v) is 3.30. The summed E-state index contributed by atoms with van der Waals surface area (Å²) in [6.07, 6.45) is 5.14. The quantitative estimate of drug-likeness (QED) is 0.183. The highest BCUT2D eigenvalue weighted by Gasteiger charge is 2.18. The number of aliphatic hydroxyl groups excluding tert-OH is 1. The van der Waals surface area contributed by atoms with Gasteiger partial charge in [0.25, 0.3) is 5.91 Å². The fourth-order valence-corrected chi connectivity index (χ4v) is 1.97. The van der Waals surface area contributed by atoms with E-state index < -0.39 is 0 Å². The average molecular weight is 351 g/mol. The van der Waals surface area contributed by atoms with Crippen LogP contribution in [-0.4, -0.2) is 73.2 Å². The van der Waals surface area contributed by atoms with Gasteiger partial charge in [0.05, 0.1) is 25.5 Å². The molecule has 0 aromatic heterocycles. The standard InChI is InChI=1S/C16H25N5O4/c1-13-2-3-16(24)21(13)8-4-15(23)19-7-11-25-10-6-18-12-14(20-17)5-9-22/h2-3,12,22H,1,4-11,17H2,(H,19,23)/b18-12?,20-14-. The first-order valence-electron chi connectivity index (χ1n) is 7.99. The molecule has 1 heterocycles. The summed E-state index contributed by atoms with van der Waals surface area (Å²) >= 11 is 0. The van der Waals surface area contributed by atoms with Crippen molar-refractivity contribution in [2.75, 3.05) is 39.5 Å². The van der Waals surface area contributed by atoms with Crippen LogP contribution in [0.4, 0.5) is 0 Å². The SMILES string of the molecule is C=C1C=CC(=O)N1CCC(=O)NCCOCCN=C/C(CCO)=N\N. The Labute approximate surface area is 146 Å². The molecular weight excluding hydrogens is 326 g/mol. The molecule has 9 heteroatoms. The molecule has 4 N–H and O–H groups in total. The molecule has 0 radical (unpaired) electrons. The van der Waals surface area contributed by atoms with E-state index in [1.807, 2.05) is 0 Å². The van der Waals surface area contributed by atoms with Crippen LogP contribution in [0.15, 0.2) is 34.5 Å². The van der Waals surface area contributed by atoms with Crippen LogP contribution in [0.1, 0.15) is 12.8 Å². The number of nitrogens with zero attached hydrogens (tertiary/aromatic N) is 3. The van der Waals surface area contributed by atoms with Crippen molar-refractivity contribution >= 4 is 23.7 Å². The van der Waals surface area contributed by atoms with Crippen LogP contribution in [0, 0.1) is 0 Å². The summed E-state index contributed by atoms with van der Waals surface area (Å²) in [7, 11) is 0. The number of hydrogen-bond donors (Lipinski definition) is 3. The van der Waals surface area contributed by atoms with Crippen molar-refractivity contribution < 1.29 is 19.4 Å². The van der Waals surface area contributed by atoms with Gasteiger partial charge in [-0.1, -0.05) is 6.58 Å². The van der Waals surface area contributed by atoms with Crippen LogP contribution >= 0.6 is 0 Å². The van der Waals surface area contributed by atoms with Gasteiger partial charge in [-0.15, -0.1) is 0 Å². The van der Waals surface area contributed by atoms with E-state index in [1.165, 1.54) is 17.2 Å². The number of rotatable bonds is 12. The van der Waals surface area contributed by atoms with E-state index in [1.54, 1.807) is 6.08 Å². The lowest BCUT2D eigenvalue weighted by molar-refractivity contribution is -0.124. The highest BCUT2D eigenvalue weighted by atomic mass is 16.5. The lowest BCUT2D eigenvalue weighted by Gasteiger charge is -2.16. The van der Waals surface area contributed by atoms with E-state index >= 15 is 0 Å². The van der Waals surface area contributed by atoms with Gasteiger partial charge in [0.1, 0.15) is 0 Å². The summed E-state index contributed by atoms with van der Waals surface area (Å²) in [6, 6.07) is 0. The molecule has 0 bridgehead atoms. The van der Waals surface area contributed by atoms with E-state index in [4.69, 9.17) is 15.7 Å². The minimum atomic E-state index is -0.151. The number of allylic oxidation sites excluding steroid dienone is 1. The molecule has 2 amide bonds. The third kappa shape index (κ3) is 8.23. The number of ether oxygens (including phenoxy) is 1. The molecule has 0 aromatic rings. The molecule has 0 saturated heterocycles. The highest BCUT2D eigenvalue weighted by Crippen LogP contribution is 2.12. The second-order valence-corrected chi connectivity index (χ2v) is 5.16. The Morgan fingerprint density at radius 3 is 2.84 bits per heavy atom. The van der Waals surface area contributed by atoms with Crippen LogP contribution in [0.25, 0.3) is 0 Å². The summed E-state index contributed by atoms with van der Waals surface area (Å²) < 4.78 is 5.33. The summed E-state index contributed by atoms with van der Waals surface area (Å²) in [5.41, 5.74) is 1.12. The summed E-state index contributed by atoms with van der Waals surface area (Å²) in [6.45, 7) is 5.59. The monoisotopic (exact) mass is 351 g/mol. The van der Waals surface area contributed by atoms with Gasteiger partial charge in [-0.2, -0.15) is 5.10 Å². The lowest BCUT2D eigenvalue weighted by atomic mass is 10.3. The summed E-state index contributed by atoms with van der Waals surface area (Å²) in [4.78, 5) is 28.7. The second-order valence-electron chi connectivity index (χ2n) is 5.16. The molecule has 0 unspecified atom stereocenters. The first kappa shape index (κ1) is 20.5. The minimum Gasteiger partial charge on any atom is -0.396 e. The highest BCUT2D eigenvalue weighted by molar-refractivity contribution is 6.30. The maximum atomic E-state index is 11.7. The van der Waals surface area contributed by atoms with E-state index in [0.29, 0.717) is 50.7 Å². The van der Waals surface area contributed by atoms with Gasteiger partial charge in [0.15, 0.2) is 0 Å². The zero-order valence-corrected chi connectivity index (χ0v) is 14.2. The Morgan fingerprint density at radius 2 is 2.20 bits per heavy atom. The van der Waals surface area contributed by atoms with E-state index in [-0.39, 0.29) is 24.8 Å². The van der Waals surface area contributed by atoms with Crippen molar-refractivity contribution in [2.45, 2.75) is 12.8 Å². The maximum Gasteiger partial charge on any atom is 0.251 e. The number of carbonyl (C=O) groups is 2. The first-order valence-corrected chi connectivity index (χ1v) is 7.99. The summed E-state index contributed by atoms with van der Waals surface area (Å²) in [5.74, 6) is 4.83. The molecule has 0 aromatic carbocycles. The third-order valence-electron chi connectivity index (χ3n) is 3.30. The predicted molar refractivity (Wildman–Crippen MR) is 95.1 cm³/mol. The average Bonchev–Trinajstić information content (AvgIpc) is 2.92. The van der Waals surface area contributed by atoms with Gasteiger partial charge in [-0.3, -0.25) is 14.6 Å². The Morgan fingerprint density at radius 1 is 1.40 bits per heavy atom. The Hall–Kier alpha value is -2.52. The van der Waals surface area contributed by atoms with Crippen molar-refractivity contribution in [2.24, 2.45) is 15.9 Å². The minimum absolute atomic E-state index is 0.0329. The zero-order valence-electron chi connectivity index (χ0n) is 14.2. The molecule has 1 aliphatic rings. The van der Waals surface area contributed by atoms with Gasteiger partial charge in [-0.05, 0) is 6.08 Å². The number of aliphatic imine (C=N–C) groups is 1. The normalized spacial score (nSPS) is 14.8. The number of nitrogens with one attached hydrogen (secondary N) is 1. The molecular formula is C16H25N5O4. The molecule has 0 atom stereocenters. The smallest absolute Gasteiger partial charge is 0.251 e. The fraction of sp³-hybridized carbons (Fsp3) is 0.500. The number of nitrogens with two attached hydrogens (primary N) is 1. The van der Waals surface area contributed by atoms with Gasteiger partial charge < -0.3 is 25.9 Å². The van der Waals surface area contributed by atoms with Crippen molar-refractivity contribution in [3.63, 3.8) is 0 Å². The lowest BCUT2D eigenvalue weighted by Crippen LogP contribution is -2.32. The molecule has 0 saturated carbocycles. The van der Waals surface area contributed by atoms with Crippen LogP contribution in [0.5, 0.6) is 0 Å². The first-order chi connectivity index (χ1) is 12.1. The van der Waals surface area contributed by atoms with Crippen molar-refractivity contribution in [1.29, 1.82) is 0 Å². The van der Waals surface area contributed by atoms with Crippen LogP contribution < -0.4 is 11.2 Å². The fourth-order valence-electron chi connectivity index (χ4n) is 1.97. The van der Waals surface area contributed by atoms with E-state index in [9.17, 15) is 9.59 Å². The Kier molecular flexibility index (Phi) is 9.79. The van der Waals surface area contributed by atoms with Crippen molar-refractivity contribution in [3.05, 3.63) is 24.4 Å². The van der Waals surface area contributed by atoms with Gasteiger partial charge in [0, 0.05) is 50.5 Å². The molecule has 1 rings (SSSR count). The number of carbonyl (C=O) groups excluding carboxylic acids is 2. The van der Waals surface area contributed by atoms with Crippen LogP contribution in [-0.2, 0) is 14.3 Å². The molecule has 1 aliphatic heterocycles. The van der Waals surface area contributed by atoms with Crippen molar-refractivity contribution in [3.8, 4) is 0 Å². The largest absolute Gasteiger partial charge is 0.396 e. The molecule has 0 spiro atoms. The van der Waals surface area contributed by atoms with Crippen LogP contribution in [0.2, 0.25) is 0 Å². The van der Waals surface area contributed by atoms with E-state index in [0.717, 1.165) is 0 Å². The number of hydrogen-bond acceptors (Lipinski definition) is 7. The molecule has 0 fully saturated rings. The maximum absolute atomic E-state index is 11.7. The van der Waals surface area contributed by atoms with Crippen LogP contribution in [0.3, 0.4) is 0 Å². The Bertz CT molecular complexity index is 539. The molecule has 25 heavy (non-hydrogen) atoms. The zero-order chi connectivity index (χ0) is 18.5. The topological polar surface area (TPSA) is 130 Å². The van der Waals surface area contributed by atoms with E-state index in [2.05, 4.69) is 22.0 Å². The molecule has 138 valence electrons. The number of amides is 2. The van der Waals surface area contributed by atoms with Crippen molar-refractivity contribution in [1.82, 2.24) is 10.2 Å². The number of hydrazone groups is 1. The Balaban J connectivity index is 2.02. The number of aliphatic hydroxyl groups is 1. The van der Waals surface area contributed by atoms with Gasteiger partial charge in [0.2, 0.25) is 5.91 Å². The molecule has 0 aliphatic carbocycles.